The van der Waals surface area contributed by atoms with Crippen LogP contribution in [0.1, 0.15) is 32.5 Å². The van der Waals surface area contributed by atoms with Gasteiger partial charge in [-0.05, 0) is 17.9 Å². The summed E-state index contributed by atoms with van der Waals surface area (Å²) in [5.74, 6) is 1.41. The first-order valence-corrected chi connectivity index (χ1v) is 7.01. The molecule has 0 radical (unpaired) electrons. The molecule has 4 nitrogen and oxygen atoms in total. The molecule has 0 saturated heterocycles. The molecule has 0 atom stereocenters. The van der Waals surface area contributed by atoms with Gasteiger partial charge in [-0.3, -0.25) is 4.79 Å². The second-order valence-corrected chi connectivity index (χ2v) is 5.32. The molecule has 0 fully saturated rings. The van der Waals surface area contributed by atoms with Gasteiger partial charge in [0.15, 0.2) is 0 Å². The van der Waals surface area contributed by atoms with Crippen molar-refractivity contribution in [1.82, 2.24) is 15.3 Å². The van der Waals surface area contributed by atoms with Crippen LogP contribution in [-0.4, -0.2) is 15.9 Å². The van der Waals surface area contributed by atoms with Gasteiger partial charge in [0.25, 0.3) is 0 Å². The van der Waals surface area contributed by atoms with Crippen LogP contribution in [-0.2, 0) is 11.3 Å². The van der Waals surface area contributed by atoms with Crippen molar-refractivity contribution in [3.8, 4) is 11.3 Å². The number of rotatable bonds is 6. The number of benzene rings is 1. The molecule has 2 rings (SSSR count). The molecule has 2 N–H and O–H groups in total. The molecule has 20 heavy (non-hydrogen) atoms. The Balaban J connectivity index is 1.86. The number of amides is 1. The summed E-state index contributed by atoms with van der Waals surface area (Å²) in [7, 11) is 0. The molecule has 1 heterocycles. The van der Waals surface area contributed by atoms with Crippen molar-refractivity contribution in [2.75, 3.05) is 0 Å². The van der Waals surface area contributed by atoms with Crippen LogP contribution in [0.5, 0.6) is 0 Å². The fourth-order valence-electron chi connectivity index (χ4n) is 1.91. The number of imidazole rings is 1. The second-order valence-electron chi connectivity index (χ2n) is 5.32. The Bertz CT molecular complexity index is 546. The van der Waals surface area contributed by atoms with Gasteiger partial charge in [0.05, 0.1) is 18.4 Å². The number of aromatic amines is 1. The van der Waals surface area contributed by atoms with Crippen molar-refractivity contribution in [2.45, 2.75) is 33.2 Å². The molecule has 106 valence electrons. The Labute approximate surface area is 119 Å². The van der Waals surface area contributed by atoms with Crippen molar-refractivity contribution >= 4 is 5.91 Å². The summed E-state index contributed by atoms with van der Waals surface area (Å²) >= 11 is 0. The Hall–Kier alpha value is -2.10. The van der Waals surface area contributed by atoms with Crippen LogP contribution in [0.25, 0.3) is 11.3 Å². The summed E-state index contributed by atoms with van der Waals surface area (Å²) in [6.07, 6.45) is 3.29. The number of hydrogen-bond acceptors (Lipinski definition) is 2. The number of nitrogens with zero attached hydrogens (tertiary/aromatic N) is 1. The van der Waals surface area contributed by atoms with Crippen LogP contribution in [0.3, 0.4) is 0 Å². The van der Waals surface area contributed by atoms with E-state index < -0.39 is 0 Å². The fourth-order valence-corrected chi connectivity index (χ4v) is 1.91. The average Bonchev–Trinajstić information content (AvgIpc) is 2.93. The third-order valence-corrected chi connectivity index (χ3v) is 3.11. The predicted octanol–water partition coefficient (Wildman–Crippen LogP) is 3.13. The first kappa shape index (κ1) is 14.3. The smallest absolute Gasteiger partial charge is 0.220 e. The molecule has 1 aromatic carbocycles. The van der Waals surface area contributed by atoms with E-state index in [0.29, 0.717) is 18.9 Å². The summed E-state index contributed by atoms with van der Waals surface area (Å²) in [6, 6.07) is 10.0. The topological polar surface area (TPSA) is 57.8 Å². The molecule has 0 aliphatic rings. The number of carbonyl (C=O) groups excluding carboxylic acids is 1. The van der Waals surface area contributed by atoms with E-state index >= 15 is 0 Å². The predicted molar refractivity (Wildman–Crippen MR) is 79.9 cm³/mol. The maximum absolute atomic E-state index is 11.6. The molecule has 0 unspecified atom stereocenters. The van der Waals surface area contributed by atoms with Crippen LogP contribution in [0.2, 0.25) is 0 Å². The fraction of sp³-hybridized carbons (Fsp3) is 0.375. The third kappa shape index (κ3) is 4.23. The van der Waals surface area contributed by atoms with E-state index in [1.165, 1.54) is 0 Å². The number of nitrogens with one attached hydrogen (secondary N) is 2. The van der Waals surface area contributed by atoms with Gasteiger partial charge in [-0.1, -0.05) is 44.2 Å². The van der Waals surface area contributed by atoms with Gasteiger partial charge in [-0.2, -0.15) is 0 Å². The lowest BCUT2D eigenvalue weighted by molar-refractivity contribution is -0.121. The quantitative estimate of drug-likeness (QED) is 0.848. The molecular formula is C16H21N3O. The lowest BCUT2D eigenvalue weighted by Gasteiger charge is -2.05. The lowest BCUT2D eigenvalue weighted by atomic mass is 10.1. The molecule has 0 aliphatic carbocycles. The zero-order chi connectivity index (χ0) is 14.4. The highest BCUT2D eigenvalue weighted by molar-refractivity contribution is 5.75. The maximum atomic E-state index is 11.6. The summed E-state index contributed by atoms with van der Waals surface area (Å²) in [5.41, 5.74) is 2.06. The van der Waals surface area contributed by atoms with Gasteiger partial charge in [0, 0.05) is 6.42 Å². The highest BCUT2D eigenvalue weighted by Crippen LogP contribution is 2.15. The van der Waals surface area contributed by atoms with Crippen LogP contribution in [0, 0.1) is 5.92 Å². The van der Waals surface area contributed by atoms with E-state index in [2.05, 4.69) is 29.1 Å². The summed E-state index contributed by atoms with van der Waals surface area (Å²) < 4.78 is 0. The number of aromatic nitrogens is 2. The van der Waals surface area contributed by atoms with Gasteiger partial charge >= 0.3 is 0 Å². The lowest BCUT2D eigenvalue weighted by Crippen LogP contribution is -2.23. The summed E-state index contributed by atoms with van der Waals surface area (Å²) in [5, 5.41) is 2.89. The van der Waals surface area contributed by atoms with E-state index in [9.17, 15) is 4.79 Å². The van der Waals surface area contributed by atoms with E-state index in [0.717, 1.165) is 23.5 Å². The standard InChI is InChI=1S/C16H21N3O/c1-12(2)8-9-16(20)18-11-15-17-10-14(19-15)13-6-4-3-5-7-13/h3-7,10,12H,8-9,11H2,1-2H3,(H,17,19)(H,18,20). The Kier molecular flexibility index (Phi) is 4.93. The molecule has 0 spiro atoms. The van der Waals surface area contributed by atoms with Crippen molar-refractivity contribution in [3.05, 3.63) is 42.4 Å². The van der Waals surface area contributed by atoms with Crippen molar-refractivity contribution in [3.63, 3.8) is 0 Å². The minimum Gasteiger partial charge on any atom is -0.349 e. The van der Waals surface area contributed by atoms with Crippen LogP contribution >= 0.6 is 0 Å². The molecule has 4 heteroatoms. The average molecular weight is 271 g/mol. The maximum Gasteiger partial charge on any atom is 0.220 e. The number of hydrogen-bond donors (Lipinski definition) is 2. The zero-order valence-electron chi connectivity index (χ0n) is 12.0. The highest BCUT2D eigenvalue weighted by Gasteiger charge is 2.06. The Morgan fingerprint density at radius 2 is 2.05 bits per heavy atom. The Morgan fingerprint density at radius 3 is 2.75 bits per heavy atom. The summed E-state index contributed by atoms with van der Waals surface area (Å²) in [6.45, 7) is 4.68. The Morgan fingerprint density at radius 1 is 1.30 bits per heavy atom. The number of H-pyrrole nitrogens is 1. The second kappa shape index (κ2) is 6.89. The summed E-state index contributed by atoms with van der Waals surface area (Å²) in [4.78, 5) is 19.2. The van der Waals surface area contributed by atoms with Crippen LogP contribution < -0.4 is 5.32 Å². The van der Waals surface area contributed by atoms with Crippen LogP contribution in [0.15, 0.2) is 36.5 Å². The van der Waals surface area contributed by atoms with Crippen molar-refractivity contribution in [2.24, 2.45) is 5.92 Å². The molecule has 0 aliphatic heterocycles. The minimum atomic E-state index is 0.0800. The first-order chi connectivity index (χ1) is 9.65. The molecule has 2 aromatic rings. The molecule has 0 bridgehead atoms. The van der Waals surface area contributed by atoms with Gasteiger partial charge in [0.2, 0.25) is 5.91 Å². The monoisotopic (exact) mass is 271 g/mol. The minimum absolute atomic E-state index is 0.0800. The zero-order valence-corrected chi connectivity index (χ0v) is 12.0. The highest BCUT2D eigenvalue weighted by atomic mass is 16.1. The van der Waals surface area contributed by atoms with Gasteiger partial charge < -0.3 is 10.3 Å². The van der Waals surface area contributed by atoms with E-state index in [1.807, 2.05) is 30.3 Å². The van der Waals surface area contributed by atoms with Gasteiger partial charge in [0.1, 0.15) is 5.82 Å². The van der Waals surface area contributed by atoms with Crippen LogP contribution in [0.4, 0.5) is 0 Å². The van der Waals surface area contributed by atoms with Crippen molar-refractivity contribution < 1.29 is 4.79 Å². The van der Waals surface area contributed by atoms with Gasteiger partial charge in [-0.15, -0.1) is 0 Å². The first-order valence-electron chi connectivity index (χ1n) is 7.01. The molecule has 1 aromatic heterocycles. The molecule has 1 amide bonds. The molecular weight excluding hydrogens is 250 g/mol. The normalized spacial score (nSPS) is 10.8. The van der Waals surface area contributed by atoms with Gasteiger partial charge in [-0.25, -0.2) is 4.98 Å². The van der Waals surface area contributed by atoms with E-state index in [1.54, 1.807) is 6.20 Å². The third-order valence-electron chi connectivity index (χ3n) is 3.11. The largest absolute Gasteiger partial charge is 0.349 e. The van der Waals surface area contributed by atoms with E-state index in [4.69, 9.17) is 0 Å². The molecule has 0 saturated carbocycles. The van der Waals surface area contributed by atoms with E-state index in [-0.39, 0.29) is 5.91 Å². The van der Waals surface area contributed by atoms with Crippen molar-refractivity contribution in [1.29, 1.82) is 0 Å². The SMILES string of the molecule is CC(C)CCC(=O)NCc1ncc(-c2ccccc2)[nH]1. The number of carbonyl (C=O) groups is 1.